The maximum atomic E-state index is 5.31. The Morgan fingerprint density at radius 3 is 1.91 bits per heavy atom. The first kappa shape index (κ1) is 13.5. The molecule has 0 rings (SSSR count). The van der Waals surface area contributed by atoms with Crippen LogP contribution < -0.4 is 5.73 Å². The number of hydrogen-bond acceptors (Lipinski definition) is 1. The maximum Gasteiger partial charge on any atom is 0.0274 e. The molecule has 1 unspecified atom stereocenters. The summed E-state index contributed by atoms with van der Waals surface area (Å²) in [4.78, 5) is 0. The molecule has 0 aliphatic carbocycles. The average Bonchev–Trinajstić information content (AvgIpc) is 1.87. The molecule has 68 valence electrons. The predicted molar refractivity (Wildman–Crippen MR) is 57.8 cm³/mol. The molecular formula is C9H23NSi. The van der Waals surface area contributed by atoms with Gasteiger partial charge in [-0.05, 0) is 18.9 Å². The minimum absolute atomic E-state index is 0.139. The molecule has 1 atom stereocenters. The van der Waals surface area contributed by atoms with E-state index < -0.39 is 0 Å². The van der Waals surface area contributed by atoms with E-state index in [-0.39, 0.29) is 8.80 Å². The van der Waals surface area contributed by atoms with Crippen molar-refractivity contribution >= 4 is 8.80 Å². The summed E-state index contributed by atoms with van der Waals surface area (Å²) in [5, 5.41) is 0. The van der Waals surface area contributed by atoms with Crippen LogP contribution in [0.15, 0.2) is 12.7 Å². The molecule has 11 heavy (non-hydrogen) atoms. The van der Waals surface area contributed by atoms with Gasteiger partial charge in [-0.3, -0.25) is 0 Å². The third kappa shape index (κ3) is 25.7. The van der Waals surface area contributed by atoms with Crippen LogP contribution in [0.2, 0.25) is 19.6 Å². The molecule has 0 fully saturated rings. The molecule has 0 aromatic carbocycles. The van der Waals surface area contributed by atoms with Crippen molar-refractivity contribution in [2.45, 2.75) is 33.0 Å². The van der Waals surface area contributed by atoms with E-state index in [1.54, 1.807) is 0 Å². The van der Waals surface area contributed by atoms with Crippen molar-refractivity contribution < 1.29 is 0 Å². The quantitative estimate of drug-likeness (QED) is 0.514. The van der Waals surface area contributed by atoms with Crippen LogP contribution >= 0.6 is 0 Å². The van der Waals surface area contributed by atoms with Crippen molar-refractivity contribution in [1.82, 2.24) is 0 Å². The normalized spacial score (nSPS) is 11.8. The Morgan fingerprint density at radius 2 is 1.82 bits per heavy atom. The van der Waals surface area contributed by atoms with Gasteiger partial charge in [0.1, 0.15) is 0 Å². The Balaban J connectivity index is 0. The van der Waals surface area contributed by atoms with Gasteiger partial charge < -0.3 is 5.73 Å². The van der Waals surface area contributed by atoms with Crippen LogP contribution in [0, 0.1) is 5.92 Å². The lowest BCUT2D eigenvalue weighted by molar-refractivity contribution is 0.606. The second-order valence-corrected chi connectivity index (χ2v) is 7.06. The van der Waals surface area contributed by atoms with Crippen molar-refractivity contribution in [2.75, 3.05) is 6.54 Å². The summed E-state index contributed by atoms with van der Waals surface area (Å²) in [6.07, 6.45) is 2.94. The third-order valence-corrected chi connectivity index (χ3v) is 0.971. The van der Waals surface area contributed by atoms with E-state index >= 15 is 0 Å². The molecule has 0 amide bonds. The van der Waals surface area contributed by atoms with Gasteiger partial charge in [0.2, 0.25) is 0 Å². The first-order valence-corrected chi connectivity index (χ1v) is 7.81. The number of rotatable bonds is 3. The van der Waals surface area contributed by atoms with Gasteiger partial charge in [-0.15, -0.1) is 6.58 Å². The van der Waals surface area contributed by atoms with Crippen LogP contribution in [0.1, 0.15) is 13.3 Å². The molecule has 2 heteroatoms. The minimum Gasteiger partial charge on any atom is -0.330 e. The van der Waals surface area contributed by atoms with Crippen LogP contribution in [0.25, 0.3) is 0 Å². The molecular weight excluding hydrogens is 150 g/mol. The van der Waals surface area contributed by atoms with Crippen LogP contribution in [0.3, 0.4) is 0 Å². The molecule has 0 bridgehead atoms. The van der Waals surface area contributed by atoms with E-state index in [9.17, 15) is 0 Å². The highest BCUT2D eigenvalue weighted by Crippen LogP contribution is 1.96. The molecule has 0 saturated carbocycles. The molecule has 2 N–H and O–H groups in total. The smallest absolute Gasteiger partial charge is 0.0274 e. The second-order valence-electron chi connectivity index (χ2n) is 3.60. The maximum absolute atomic E-state index is 5.31. The number of nitrogens with two attached hydrogens (primary N) is 1. The van der Waals surface area contributed by atoms with Crippen molar-refractivity contribution in [3.63, 3.8) is 0 Å². The van der Waals surface area contributed by atoms with Gasteiger partial charge in [0.25, 0.3) is 0 Å². The van der Waals surface area contributed by atoms with Crippen LogP contribution in [0.5, 0.6) is 0 Å². The Bertz CT molecular complexity index is 78.9. The highest BCUT2D eigenvalue weighted by molar-refractivity contribution is 6.54. The standard InChI is InChI=1S/C6H13N.C3H10Si/c1-3-4-6(2)5-7;1-4(2)3/h3,6H,1,4-5,7H2,2H3;4H,1-3H3. The monoisotopic (exact) mass is 173 g/mol. The summed E-state index contributed by atoms with van der Waals surface area (Å²) in [5.74, 6) is 0.609. The summed E-state index contributed by atoms with van der Waals surface area (Å²) in [6.45, 7) is 13.4. The van der Waals surface area contributed by atoms with Crippen LogP contribution in [0.4, 0.5) is 0 Å². The first-order chi connectivity index (χ1) is 5.04. The molecule has 0 heterocycles. The van der Waals surface area contributed by atoms with E-state index in [0.29, 0.717) is 5.92 Å². The van der Waals surface area contributed by atoms with Gasteiger partial charge in [0.05, 0.1) is 0 Å². The van der Waals surface area contributed by atoms with Crippen molar-refractivity contribution in [3.05, 3.63) is 12.7 Å². The zero-order valence-electron chi connectivity index (χ0n) is 8.43. The Hall–Kier alpha value is -0.0831. The fourth-order valence-electron chi connectivity index (χ4n) is 0.381. The second kappa shape index (κ2) is 9.92. The first-order valence-electron chi connectivity index (χ1n) is 4.35. The summed E-state index contributed by atoms with van der Waals surface area (Å²) in [7, 11) is -0.139. The van der Waals surface area contributed by atoms with Gasteiger partial charge >= 0.3 is 0 Å². The Morgan fingerprint density at radius 1 is 1.45 bits per heavy atom. The lowest BCUT2D eigenvalue weighted by Gasteiger charge is -2.00. The van der Waals surface area contributed by atoms with Gasteiger partial charge in [0.15, 0.2) is 0 Å². The minimum atomic E-state index is -0.139. The van der Waals surface area contributed by atoms with Crippen molar-refractivity contribution in [3.8, 4) is 0 Å². The zero-order chi connectivity index (χ0) is 9.28. The lowest BCUT2D eigenvalue weighted by Crippen LogP contribution is -2.08. The van der Waals surface area contributed by atoms with Crippen LogP contribution in [-0.4, -0.2) is 15.3 Å². The molecule has 1 nitrogen and oxygen atoms in total. The molecule has 0 spiro atoms. The largest absolute Gasteiger partial charge is 0.330 e. The molecule has 0 aromatic rings. The van der Waals surface area contributed by atoms with Crippen molar-refractivity contribution in [1.29, 1.82) is 0 Å². The SMILES string of the molecule is C=CCC(C)CN.C[SiH](C)C. The third-order valence-electron chi connectivity index (χ3n) is 0.971. The van der Waals surface area contributed by atoms with E-state index in [1.807, 2.05) is 6.08 Å². The van der Waals surface area contributed by atoms with Crippen LogP contribution in [-0.2, 0) is 0 Å². The van der Waals surface area contributed by atoms with Crippen molar-refractivity contribution in [2.24, 2.45) is 11.7 Å². The fourth-order valence-corrected chi connectivity index (χ4v) is 0.381. The molecule has 0 aliphatic heterocycles. The van der Waals surface area contributed by atoms with E-state index in [1.165, 1.54) is 0 Å². The highest BCUT2D eigenvalue weighted by Gasteiger charge is 1.90. The van der Waals surface area contributed by atoms with Gasteiger partial charge in [-0.1, -0.05) is 32.6 Å². The average molecular weight is 173 g/mol. The molecule has 0 aliphatic rings. The summed E-state index contributed by atoms with van der Waals surface area (Å²) in [6, 6.07) is 0. The Kier molecular flexibility index (Phi) is 12.2. The fraction of sp³-hybridized carbons (Fsp3) is 0.778. The molecule has 0 saturated heterocycles. The van der Waals surface area contributed by atoms with Gasteiger partial charge in [-0.25, -0.2) is 0 Å². The highest BCUT2D eigenvalue weighted by atomic mass is 28.3. The number of hydrogen-bond donors (Lipinski definition) is 1. The van der Waals surface area contributed by atoms with Gasteiger partial charge in [0, 0.05) is 8.80 Å². The molecule has 0 radical (unpaired) electrons. The zero-order valence-corrected chi connectivity index (χ0v) is 9.59. The topological polar surface area (TPSA) is 26.0 Å². The predicted octanol–water partition coefficient (Wildman–Crippen LogP) is 2.26. The summed E-state index contributed by atoms with van der Waals surface area (Å²) < 4.78 is 0. The Labute approximate surface area is 73.3 Å². The lowest BCUT2D eigenvalue weighted by atomic mass is 10.1. The summed E-state index contributed by atoms with van der Waals surface area (Å²) in [5.41, 5.74) is 5.31. The van der Waals surface area contributed by atoms with E-state index in [4.69, 9.17) is 5.73 Å². The number of allylic oxidation sites excluding steroid dienone is 1. The van der Waals surface area contributed by atoms with E-state index in [2.05, 4.69) is 33.1 Å². The van der Waals surface area contributed by atoms with Gasteiger partial charge in [-0.2, -0.15) is 0 Å². The van der Waals surface area contributed by atoms with E-state index in [0.717, 1.165) is 13.0 Å². The molecule has 0 aromatic heterocycles. The summed E-state index contributed by atoms with van der Waals surface area (Å²) >= 11 is 0.